The zero-order valence-electron chi connectivity index (χ0n) is 11.7. The van der Waals surface area contributed by atoms with Gasteiger partial charge in [0.2, 0.25) is 5.91 Å². The summed E-state index contributed by atoms with van der Waals surface area (Å²) in [5.74, 6) is 0.0286. The Bertz CT molecular complexity index is 439. The van der Waals surface area contributed by atoms with Crippen molar-refractivity contribution in [3.05, 3.63) is 16.1 Å². The van der Waals surface area contributed by atoms with E-state index in [0.29, 0.717) is 13.0 Å². The molecule has 2 heterocycles. The van der Waals surface area contributed by atoms with E-state index in [-0.39, 0.29) is 11.9 Å². The molecule has 1 aliphatic heterocycles. The van der Waals surface area contributed by atoms with Gasteiger partial charge in [-0.25, -0.2) is 4.98 Å². The normalized spacial score (nSPS) is 20.3. The number of aryl methyl sites for hydroxylation is 1. The first-order valence-corrected chi connectivity index (χ1v) is 7.40. The second-order valence-electron chi connectivity index (χ2n) is 5.40. The van der Waals surface area contributed by atoms with Crippen LogP contribution in [0.5, 0.6) is 0 Å². The average Bonchev–Trinajstić information content (AvgIpc) is 2.77. The zero-order valence-corrected chi connectivity index (χ0v) is 12.5. The highest BCUT2D eigenvalue weighted by Crippen LogP contribution is 2.23. The Hall–Kier alpha value is -0.980. The lowest BCUT2D eigenvalue weighted by Crippen LogP contribution is -2.47. The first-order chi connectivity index (χ1) is 8.97. The molecule has 6 heteroatoms. The highest BCUT2D eigenvalue weighted by molar-refractivity contribution is 7.09. The third-order valence-electron chi connectivity index (χ3n) is 3.04. The summed E-state index contributed by atoms with van der Waals surface area (Å²) >= 11 is 1.58. The van der Waals surface area contributed by atoms with Crippen molar-refractivity contribution in [2.24, 2.45) is 0 Å². The summed E-state index contributed by atoms with van der Waals surface area (Å²) < 4.78 is 5.35. The standard InChI is InChI=1S/C13H21N3O2S/c1-9-8-19-12(15-9)13(2,3)16-11(17)6-10-7-18-5-4-14-10/h8,10,14H,4-7H2,1-3H3,(H,16,17). The summed E-state index contributed by atoms with van der Waals surface area (Å²) in [5, 5.41) is 9.26. The molecule has 1 aromatic rings. The molecule has 0 bridgehead atoms. The van der Waals surface area contributed by atoms with Crippen LogP contribution in [-0.2, 0) is 15.1 Å². The largest absolute Gasteiger partial charge is 0.378 e. The van der Waals surface area contributed by atoms with E-state index in [1.807, 2.05) is 26.2 Å². The predicted octanol–water partition coefficient (Wildman–Crippen LogP) is 1.18. The lowest BCUT2D eigenvalue weighted by atomic mass is 10.1. The van der Waals surface area contributed by atoms with E-state index in [0.717, 1.165) is 23.9 Å². The molecule has 0 radical (unpaired) electrons. The summed E-state index contributed by atoms with van der Waals surface area (Å²) in [5.41, 5.74) is 0.565. The predicted molar refractivity (Wildman–Crippen MR) is 75.2 cm³/mol. The molecule has 0 aliphatic carbocycles. The van der Waals surface area contributed by atoms with E-state index in [2.05, 4.69) is 15.6 Å². The maximum atomic E-state index is 12.1. The van der Waals surface area contributed by atoms with E-state index in [9.17, 15) is 4.79 Å². The molecule has 0 saturated carbocycles. The second-order valence-corrected chi connectivity index (χ2v) is 6.26. The van der Waals surface area contributed by atoms with Crippen LogP contribution < -0.4 is 10.6 Å². The molecule has 1 atom stereocenters. The lowest BCUT2D eigenvalue weighted by molar-refractivity contribution is -0.124. The van der Waals surface area contributed by atoms with Crippen LogP contribution in [-0.4, -0.2) is 36.7 Å². The summed E-state index contributed by atoms with van der Waals surface area (Å²) in [6, 6.07) is 0.114. The maximum absolute atomic E-state index is 12.1. The summed E-state index contributed by atoms with van der Waals surface area (Å²) in [4.78, 5) is 16.5. The van der Waals surface area contributed by atoms with Gasteiger partial charge in [0.05, 0.1) is 18.8 Å². The molecule has 2 rings (SSSR count). The fourth-order valence-corrected chi connectivity index (χ4v) is 2.95. The molecule has 1 unspecified atom stereocenters. The highest BCUT2D eigenvalue weighted by Gasteiger charge is 2.27. The van der Waals surface area contributed by atoms with E-state index < -0.39 is 5.54 Å². The van der Waals surface area contributed by atoms with Crippen LogP contribution in [0.25, 0.3) is 0 Å². The number of amides is 1. The van der Waals surface area contributed by atoms with Gasteiger partial charge in [-0.3, -0.25) is 4.79 Å². The Kier molecular flexibility index (Phi) is 4.54. The molecule has 0 spiro atoms. The minimum absolute atomic E-state index is 0.0286. The van der Waals surface area contributed by atoms with Crippen molar-refractivity contribution in [3.63, 3.8) is 0 Å². The van der Waals surface area contributed by atoms with E-state index in [1.54, 1.807) is 11.3 Å². The van der Waals surface area contributed by atoms with Crippen molar-refractivity contribution in [2.75, 3.05) is 19.8 Å². The number of carbonyl (C=O) groups excluding carboxylic acids is 1. The summed E-state index contributed by atoms with van der Waals surface area (Å²) in [7, 11) is 0. The van der Waals surface area contributed by atoms with Gasteiger partial charge in [-0.2, -0.15) is 0 Å². The van der Waals surface area contributed by atoms with Crippen LogP contribution in [0.3, 0.4) is 0 Å². The number of hydrogen-bond donors (Lipinski definition) is 2. The number of nitrogens with zero attached hydrogens (tertiary/aromatic N) is 1. The van der Waals surface area contributed by atoms with Gasteiger partial charge >= 0.3 is 0 Å². The molecule has 1 saturated heterocycles. The Balaban J connectivity index is 1.90. The van der Waals surface area contributed by atoms with E-state index in [1.165, 1.54) is 0 Å². The molecular formula is C13H21N3O2S. The Morgan fingerprint density at radius 2 is 2.47 bits per heavy atom. The van der Waals surface area contributed by atoms with Gasteiger partial charge in [-0.05, 0) is 20.8 Å². The summed E-state index contributed by atoms with van der Waals surface area (Å²) in [6.07, 6.45) is 0.438. The van der Waals surface area contributed by atoms with Crippen molar-refractivity contribution >= 4 is 17.2 Å². The van der Waals surface area contributed by atoms with Crippen molar-refractivity contribution in [1.29, 1.82) is 0 Å². The van der Waals surface area contributed by atoms with Gasteiger partial charge in [-0.1, -0.05) is 0 Å². The highest BCUT2D eigenvalue weighted by atomic mass is 32.1. The second kappa shape index (κ2) is 5.98. The van der Waals surface area contributed by atoms with E-state index >= 15 is 0 Å². The monoisotopic (exact) mass is 283 g/mol. The first kappa shape index (κ1) is 14.4. The number of carbonyl (C=O) groups is 1. The van der Waals surface area contributed by atoms with Gasteiger partial charge in [-0.15, -0.1) is 11.3 Å². The summed E-state index contributed by atoms with van der Waals surface area (Å²) in [6.45, 7) is 8.06. The van der Waals surface area contributed by atoms with Gasteiger partial charge in [0.1, 0.15) is 5.01 Å². The third-order valence-corrected chi connectivity index (χ3v) is 4.32. The number of hydrogen-bond acceptors (Lipinski definition) is 5. The Morgan fingerprint density at radius 3 is 3.05 bits per heavy atom. The molecule has 2 N–H and O–H groups in total. The van der Waals surface area contributed by atoms with Crippen molar-refractivity contribution in [3.8, 4) is 0 Å². The topological polar surface area (TPSA) is 63.2 Å². The fourth-order valence-electron chi connectivity index (χ4n) is 2.07. The Labute approximate surface area is 117 Å². The minimum atomic E-state index is -0.425. The van der Waals surface area contributed by atoms with Gasteiger partial charge < -0.3 is 15.4 Å². The molecule has 1 amide bonds. The molecular weight excluding hydrogens is 262 g/mol. The molecule has 19 heavy (non-hydrogen) atoms. The van der Waals surface area contributed by atoms with Crippen LogP contribution in [0.15, 0.2) is 5.38 Å². The van der Waals surface area contributed by atoms with Gasteiger partial charge in [0.15, 0.2) is 0 Å². The molecule has 0 aromatic carbocycles. The quantitative estimate of drug-likeness (QED) is 0.871. The van der Waals surface area contributed by atoms with Gasteiger partial charge in [0, 0.05) is 30.1 Å². The van der Waals surface area contributed by atoms with E-state index in [4.69, 9.17) is 4.74 Å². The molecule has 1 fully saturated rings. The number of nitrogens with one attached hydrogen (secondary N) is 2. The van der Waals surface area contributed by atoms with Crippen LogP contribution >= 0.6 is 11.3 Å². The first-order valence-electron chi connectivity index (χ1n) is 6.52. The number of morpholine rings is 1. The average molecular weight is 283 g/mol. The number of rotatable bonds is 4. The molecule has 1 aliphatic rings. The number of thiazole rings is 1. The third kappa shape index (κ3) is 3.99. The number of ether oxygens (including phenoxy) is 1. The SMILES string of the molecule is Cc1csc(C(C)(C)NC(=O)CC2COCCN2)n1. The molecule has 1 aromatic heterocycles. The number of aromatic nitrogens is 1. The smallest absolute Gasteiger partial charge is 0.222 e. The minimum Gasteiger partial charge on any atom is -0.378 e. The fraction of sp³-hybridized carbons (Fsp3) is 0.692. The molecule has 5 nitrogen and oxygen atoms in total. The van der Waals surface area contributed by atoms with Crippen LogP contribution in [0.1, 0.15) is 31.0 Å². The maximum Gasteiger partial charge on any atom is 0.222 e. The Morgan fingerprint density at radius 1 is 1.68 bits per heavy atom. The molecule has 106 valence electrons. The van der Waals surface area contributed by atoms with Crippen molar-refractivity contribution < 1.29 is 9.53 Å². The lowest BCUT2D eigenvalue weighted by Gasteiger charge is -2.27. The van der Waals surface area contributed by atoms with Crippen molar-refractivity contribution in [2.45, 2.75) is 38.8 Å². The zero-order chi connectivity index (χ0) is 13.9. The van der Waals surface area contributed by atoms with Crippen LogP contribution in [0, 0.1) is 6.92 Å². The van der Waals surface area contributed by atoms with Gasteiger partial charge in [0.25, 0.3) is 0 Å². The van der Waals surface area contributed by atoms with Crippen LogP contribution in [0.4, 0.5) is 0 Å². The van der Waals surface area contributed by atoms with Crippen molar-refractivity contribution in [1.82, 2.24) is 15.6 Å². The van der Waals surface area contributed by atoms with Crippen LogP contribution in [0.2, 0.25) is 0 Å².